The van der Waals surface area contributed by atoms with Gasteiger partial charge in [0.05, 0.1) is 12.0 Å². The minimum absolute atomic E-state index is 0.00953. The summed E-state index contributed by atoms with van der Waals surface area (Å²) in [7, 11) is -2.38. The largest absolute Gasteiger partial charge is 0.494 e. The Kier molecular flexibility index (Phi) is 6.20. The number of methoxy groups -OCH3 is 1. The average molecular weight is 291 g/mol. The molecule has 0 saturated carbocycles. The van der Waals surface area contributed by atoms with Gasteiger partial charge in [-0.1, -0.05) is 0 Å². The molecule has 0 aromatic heterocycles. The van der Waals surface area contributed by atoms with E-state index in [2.05, 4.69) is 4.72 Å². The number of ether oxygens (including phenoxy) is 2. The fourth-order valence-electron chi connectivity index (χ4n) is 1.42. The molecule has 0 aliphatic rings. The first-order chi connectivity index (χ1) is 9.01. The number of benzene rings is 1. The molecule has 0 atom stereocenters. The SMILES string of the molecule is CCOCCCNS(=O)(=O)c1ccc(OC)c(F)c1. The smallest absolute Gasteiger partial charge is 0.240 e. The quantitative estimate of drug-likeness (QED) is 0.738. The molecule has 5 nitrogen and oxygen atoms in total. The highest BCUT2D eigenvalue weighted by Gasteiger charge is 2.15. The summed E-state index contributed by atoms with van der Waals surface area (Å²) in [6.07, 6.45) is 0.561. The zero-order chi connectivity index (χ0) is 14.3. The highest BCUT2D eigenvalue weighted by atomic mass is 32.2. The molecule has 7 heteroatoms. The first-order valence-corrected chi connectivity index (χ1v) is 7.40. The van der Waals surface area contributed by atoms with Crippen LogP contribution in [0.5, 0.6) is 5.75 Å². The molecular formula is C12H18FNO4S. The standard InChI is InChI=1S/C12H18FNO4S/c1-3-18-8-4-7-14-19(15,16)10-5-6-12(17-2)11(13)9-10/h5-6,9,14H,3-4,7-8H2,1-2H3. The van der Waals surface area contributed by atoms with E-state index in [1.165, 1.54) is 19.2 Å². The molecule has 0 bridgehead atoms. The lowest BCUT2D eigenvalue weighted by Crippen LogP contribution is -2.25. The van der Waals surface area contributed by atoms with Gasteiger partial charge in [-0.2, -0.15) is 0 Å². The molecule has 1 N–H and O–H groups in total. The minimum atomic E-state index is -3.70. The van der Waals surface area contributed by atoms with Gasteiger partial charge in [-0.05, 0) is 31.5 Å². The zero-order valence-electron chi connectivity index (χ0n) is 11.0. The molecule has 19 heavy (non-hydrogen) atoms. The van der Waals surface area contributed by atoms with Crippen molar-refractivity contribution in [2.24, 2.45) is 0 Å². The van der Waals surface area contributed by atoms with Crippen LogP contribution in [0.2, 0.25) is 0 Å². The Morgan fingerprint density at radius 3 is 2.68 bits per heavy atom. The molecule has 0 heterocycles. The Morgan fingerprint density at radius 2 is 2.11 bits per heavy atom. The third-order valence-electron chi connectivity index (χ3n) is 2.40. The second-order valence-electron chi connectivity index (χ2n) is 3.74. The van der Waals surface area contributed by atoms with Crippen molar-refractivity contribution in [2.45, 2.75) is 18.2 Å². The molecule has 0 aliphatic heterocycles. The molecule has 1 aromatic rings. The summed E-state index contributed by atoms with van der Waals surface area (Å²) < 4.78 is 49.4. The van der Waals surface area contributed by atoms with Crippen molar-refractivity contribution in [3.8, 4) is 5.75 Å². The zero-order valence-corrected chi connectivity index (χ0v) is 11.8. The molecule has 0 unspecified atom stereocenters. The van der Waals surface area contributed by atoms with Crippen molar-refractivity contribution in [1.29, 1.82) is 0 Å². The van der Waals surface area contributed by atoms with E-state index >= 15 is 0 Å². The Morgan fingerprint density at radius 1 is 1.37 bits per heavy atom. The maximum Gasteiger partial charge on any atom is 0.240 e. The number of halogens is 1. The van der Waals surface area contributed by atoms with Crippen LogP contribution in [0.25, 0.3) is 0 Å². The second kappa shape index (κ2) is 7.42. The molecule has 0 amide bonds. The van der Waals surface area contributed by atoms with Gasteiger partial charge < -0.3 is 9.47 Å². The lowest BCUT2D eigenvalue weighted by atomic mass is 10.3. The summed E-state index contributed by atoms with van der Waals surface area (Å²) in [5.41, 5.74) is 0. The third-order valence-corrected chi connectivity index (χ3v) is 3.85. The normalized spacial score (nSPS) is 11.5. The van der Waals surface area contributed by atoms with Crippen LogP contribution in [0.4, 0.5) is 4.39 Å². The Balaban J connectivity index is 2.64. The fourth-order valence-corrected chi connectivity index (χ4v) is 2.51. The van der Waals surface area contributed by atoms with Crippen molar-refractivity contribution in [1.82, 2.24) is 4.72 Å². The Bertz CT molecular complexity index is 504. The monoisotopic (exact) mass is 291 g/mol. The van der Waals surface area contributed by atoms with Gasteiger partial charge in [-0.25, -0.2) is 17.5 Å². The van der Waals surface area contributed by atoms with E-state index in [0.29, 0.717) is 19.6 Å². The van der Waals surface area contributed by atoms with Gasteiger partial charge in [0.25, 0.3) is 0 Å². The van der Waals surface area contributed by atoms with Crippen LogP contribution in [0, 0.1) is 5.82 Å². The molecule has 1 rings (SSSR count). The van der Waals surface area contributed by atoms with Gasteiger partial charge >= 0.3 is 0 Å². The van der Waals surface area contributed by atoms with Crippen LogP contribution >= 0.6 is 0 Å². The van der Waals surface area contributed by atoms with E-state index in [9.17, 15) is 12.8 Å². The molecule has 1 aromatic carbocycles. The lowest BCUT2D eigenvalue weighted by Gasteiger charge is -2.08. The van der Waals surface area contributed by atoms with Crippen molar-refractivity contribution in [3.05, 3.63) is 24.0 Å². The second-order valence-corrected chi connectivity index (χ2v) is 5.51. The van der Waals surface area contributed by atoms with Crippen LogP contribution in [0.3, 0.4) is 0 Å². The molecule has 108 valence electrons. The Labute approximate surface area is 112 Å². The van der Waals surface area contributed by atoms with E-state index < -0.39 is 15.8 Å². The van der Waals surface area contributed by atoms with E-state index in [1.54, 1.807) is 0 Å². The third kappa shape index (κ3) is 4.77. The van der Waals surface area contributed by atoms with Crippen LogP contribution in [-0.4, -0.2) is 35.3 Å². The van der Waals surface area contributed by atoms with E-state index in [1.807, 2.05) is 6.92 Å². The van der Waals surface area contributed by atoms with Crippen molar-refractivity contribution in [3.63, 3.8) is 0 Å². The molecule has 0 saturated heterocycles. The van der Waals surface area contributed by atoms with Crippen molar-refractivity contribution >= 4 is 10.0 Å². The summed E-state index contributed by atoms with van der Waals surface area (Å²) >= 11 is 0. The first kappa shape index (κ1) is 15.9. The average Bonchev–Trinajstić information content (AvgIpc) is 2.38. The number of hydrogen-bond acceptors (Lipinski definition) is 4. The number of hydrogen-bond donors (Lipinski definition) is 1. The van der Waals surface area contributed by atoms with E-state index in [0.717, 1.165) is 6.07 Å². The highest BCUT2D eigenvalue weighted by molar-refractivity contribution is 7.89. The van der Waals surface area contributed by atoms with Gasteiger partial charge in [-0.3, -0.25) is 0 Å². The molecule has 0 spiro atoms. The van der Waals surface area contributed by atoms with Crippen molar-refractivity contribution < 1.29 is 22.3 Å². The molecule has 0 fully saturated rings. The summed E-state index contributed by atoms with van der Waals surface area (Å²) in [6, 6.07) is 3.51. The molecule has 0 aliphatic carbocycles. The summed E-state index contributed by atoms with van der Waals surface area (Å²) in [5, 5.41) is 0. The van der Waals surface area contributed by atoms with Crippen molar-refractivity contribution in [2.75, 3.05) is 26.9 Å². The number of nitrogens with one attached hydrogen (secondary N) is 1. The summed E-state index contributed by atoms with van der Waals surface area (Å²) in [6.45, 7) is 3.19. The maximum absolute atomic E-state index is 13.4. The van der Waals surface area contributed by atoms with Crippen LogP contribution in [0.15, 0.2) is 23.1 Å². The van der Waals surface area contributed by atoms with Gasteiger partial charge in [0, 0.05) is 19.8 Å². The first-order valence-electron chi connectivity index (χ1n) is 5.92. The topological polar surface area (TPSA) is 64.6 Å². The highest BCUT2D eigenvalue weighted by Crippen LogP contribution is 2.20. The van der Waals surface area contributed by atoms with Crippen LogP contribution in [0.1, 0.15) is 13.3 Å². The number of rotatable bonds is 8. The van der Waals surface area contributed by atoms with Crippen LogP contribution < -0.4 is 9.46 Å². The van der Waals surface area contributed by atoms with Crippen LogP contribution in [-0.2, 0) is 14.8 Å². The Hall–Kier alpha value is -1.18. The molecular weight excluding hydrogens is 273 g/mol. The predicted octanol–water partition coefficient (Wildman–Crippen LogP) is 1.54. The summed E-state index contributed by atoms with van der Waals surface area (Å²) in [5.74, 6) is -0.699. The van der Waals surface area contributed by atoms with Gasteiger partial charge in [0.15, 0.2) is 11.6 Å². The van der Waals surface area contributed by atoms with E-state index in [4.69, 9.17) is 9.47 Å². The summed E-state index contributed by atoms with van der Waals surface area (Å²) in [4.78, 5) is -0.123. The molecule has 0 radical (unpaired) electrons. The maximum atomic E-state index is 13.4. The van der Waals surface area contributed by atoms with Gasteiger partial charge in [0.1, 0.15) is 0 Å². The van der Waals surface area contributed by atoms with Gasteiger partial charge in [-0.15, -0.1) is 0 Å². The van der Waals surface area contributed by atoms with Gasteiger partial charge in [0.2, 0.25) is 10.0 Å². The minimum Gasteiger partial charge on any atom is -0.494 e. The van der Waals surface area contributed by atoms with E-state index in [-0.39, 0.29) is 17.2 Å². The lowest BCUT2D eigenvalue weighted by molar-refractivity contribution is 0.146. The fraction of sp³-hybridized carbons (Fsp3) is 0.500. The predicted molar refractivity (Wildman–Crippen MR) is 69.3 cm³/mol. The number of sulfonamides is 1.